The number of carbonyl (C=O) groups is 1. The van der Waals surface area contributed by atoms with E-state index in [2.05, 4.69) is 0 Å². The van der Waals surface area contributed by atoms with Gasteiger partial charge in [-0.1, -0.05) is 18.2 Å². The zero-order chi connectivity index (χ0) is 12.5. The third-order valence-electron chi connectivity index (χ3n) is 3.06. The monoisotopic (exact) mass is 253 g/mol. The van der Waals surface area contributed by atoms with Crippen molar-refractivity contribution in [3.63, 3.8) is 0 Å². The third-order valence-corrected chi connectivity index (χ3v) is 4.65. The maximum absolute atomic E-state index is 12.1. The van der Waals surface area contributed by atoms with Gasteiger partial charge in [0.25, 0.3) is 5.91 Å². The van der Waals surface area contributed by atoms with Crippen molar-refractivity contribution < 1.29 is 13.2 Å². The highest BCUT2D eigenvalue weighted by molar-refractivity contribution is 7.91. The molecule has 4 nitrogen and oxygen atoms in total. The minimum atomic E-state index is -3.05. The van der Waals surface area contributed by atoms with Gasteiger partial charge < -0.3 is 4.90 Å². The lowest BCUT2D eigenvalue weighted by Crippen LogP contribution is -2.31. The number of likely N-dealkylation sites (tertiary alicyclic amines) is 1. The molecule has 17 heavy (non-hydrogen) atoms. The molecule has 1 atom stereocenters. The summed E-state index contributed by atoms with van der Waals surface area (Å²) in [5, 5.41) is -0.407. The highest BCUT2D eigenvalue weighted by Gasteiger charge is 2.32. The van der Waals surface area contributed by atoms with Crippen LogP contribution in [0.5, 0.6) is 0 Å². The lowest BCUT2D eigenvalue weighted by atomic mass is 10.2. The number of sulfone groups is 1. The summed E-state index contributed by atoms with van der Waals surface area (Å²) in [6.07, 6.45) is 1.77. The van der Waals surface area contributed by atoms with Crippen molar-refractivity contribution >= 4 is 15.7 Å². The third kappa shape index (κ3) is 2.66. The second kappa shape index (κ2) is 4.49. The van der Waals surface area contributed by atoms with Crippen LogP contribution in [0.15, 0.2) is 30.3 Å². The van der Waals surface area contributed by atoms with Crippen LogP contribution in [0, 0.1) is 0 Å². The number of nitrogens with zero attached hydrogens (tertiary/aromatic N) is 1. The van der Waals surface area contributed by atoms with Crippen LogP contribution in [0.1, 0.15) is 16.8 Å². The molecule has 1 saturated heterocycles. The molecular formula is C12H15NO3S. The number of benzene rings is 1. The summed E-state index contributed by atoms with van der Waals surface area (Å²) in [4.78, 5) is 13.7. The lowest BCUT2D eigenvalue weighted by Gasteiger charge is -2.16. The topological polar surface area (TPSA) is 54.5 Å². The lowest BCUT2D eigenvalue weighted by molar-refractivity contribution is 0.0793. The number of amides is 1. The van der Waals surface area contributed by atoms with Crippen LogP contribution in [0.4, 0.5) is 0 Å². The Morgan fingerprint density at radius 2 is 1.94 bits per heavy atom. The second-order valence-electron chi connectivity index (χ2n) is 4.36. The summed E-state index contributed by atoms with van der Waals surface area (Å²) in [5.41, 5.74) is 0.613. The Labute approximate surface area is 101 Å². The van der Waals surface area contributed by atoms with Crippen LogP contribution in [0.2, 0.25) is 0 Å². The molecular weight excluding hydrogens is 238 g/mol. The summed E-state index contributed by atoms with van der Waals surface area (Å²) < 4.78 is 22.8. The zero-order valence-electron chi connectivity index (χ0n) is 9.67. The van der Waals surface area contributed by atoms with E-state index in [0.717, 1.165) is 0 Å². The van der Waals surface area contributed by atoms with E-state index in [1.807, 2.05) is 6.07 Å². The molecule has 92 valence electrons. The largest absolute Gasteiger partial charge is 0.337 e. The molecule has 2 rings (SSSR count). The predicted molar refractivity (Wildman–Crippen MR) is 65.6 cm³/mol. The number of hydrogen-bond acceptors (Lipinski definition) is 3. The van der Waals surface area contributed by atoms with Crippen molar-refractivity contribution in [3.05, 3.63) is 35.9 Å². The van der Waals surface area contributed by atoms with Crippen molar-refractivity contribution in [1.29, 1.82) is 0 Å². The number of hydrogen-bond donors (Lipinski definition) is 0. The Morgan fingerprint density at radius 3 is 2.47 bits per heavy atom. The first kappa shape index (κ1) is 12.1. The molecule has 1 aromatic carbocycles. The molecule has 1 aliphatic rings. The molecule has 1 amide bonds. The molecule has 1 unspecified atom stereocenters. The van der Waals surface area contributed by atoms with Gasteiger partial charge in [0.05, 0.1) is 5.25 Å². The fraction of sp³-hybridized carbons (Fsp3) is 0.417. The molecule has 0 bridgehead atoms. The average Bonchev–Trinajstić information content (AvgIpc) is 2.78. The molecule has 1 fully saturated rings. The molecule has 1 heterocycles. The molecule has 1 aromatic rings. The van der Waals surface area contributed by atoms with E-state index in [0.29, 0.717) is 25.1 Å². The Balaban J connectivity index is 2.10. The Kier molecular flexibility index (Phi) is 3.19. The summed E-state index contributed by atoms with van der Waals surface area (Å²) in [7, 11) is -3.05. The van der Waals surface area contributed by atoms with Crippen LogP contribution in [0.25, 0.3) is 0 Å². The van der Waals surface area contributed by atoms with Gasteiger partial charge in [0.2, 0.25) is 0 Å². The summed E-state index contributed by atoms with van der Waals surface area (Å²) >= 11 is 0. The highest BCUT2D eigenvalue weighted by atomic mass is 32.2. The molecule has 0 aliphatic carbocycles. The van der Waals surface area contributed by atoms with Crippen LogP contribution < -0.4 is 0 Å². The van der Waals surface area contributed by atoms with E-state index >= 15 is 0 Å². The van der Waals surface area contributed by atoms with Crippen molar-refractivity contribution in [2.45, 2.75) is 11.7 Å². The van der Waals surface area contributed by atoms with E-state index in [9.17, 15) is 13.2 Å². The smallest absolute Gasteiger partial charge is 0.253 e. The quantitative estimate of drug-likeness (QED) is 0.788. The molecule has 1 aliphatic heterocycles. The van der Waals surface area contributed by atoms with Gasteiger partial charge in [-0.25, -0.2) is 8.42 Å². The first-order valence-corrected chi connectivity index (χ1v) is 7.47. The van der Waals surface area contributed by atoms with Crippen molar-refractivity contribution in [2.75, 3.05) is 19.3 Å². The van der Waals surface area contributed by atoms with Crippen LogP contribution in [-0.4, -0.2) is 43.8 Å². The van der Waals surface area contributed by atoms with Crippen molar-refractivity contribution in [2.24, 2.45) is 0 Å². The standard InChI is InChI=1S/C12H15NO3S/c1-17(15,16)11-7-8-13(9-11)12(14)10-5-3-2-4-6-10/h2-6,11H,7-9H2,1H3. The van der Waals surface area contributed by atoms with E-state index in [1.165, 1.54) is 6.26 Å². The normalized spacial score (nSPS) is 20.5. The minimum Gasteiger partial charge on any atom is -0.337 e. The van der Waals surface area contributed by atoms with E-state index in [4.69, 9.17) is 0 Å². The van der Waals surface area contributed by atoms with Crippen LogP contribution in [0.3, 0.4) is 0 Å². The molecule has 0 saturated carbocycles. The Bertz CT molecular complexity index is 510. The van der Waals surface area contributed by atoms with Crippen molar-refractivity contribution in [3.8, 4) is 0 Å². The van der Waals surface area contributed by atoms with Gasteiger partial charge in [0.15, 0.2) is 9.84 Å². The van der Waals surface area contributed by atoms with Gasteiger partial charge in [0, 0.05) is 24.9 Å². The van der Waals surface area contributed by atoms with Crippen LogP contribution >= 0.6 is 0 Å². The second-order valence-corrected chi connectivity index (χ2v) is 6.68. The Hall–Kier alpha value is -1.36. The molecule has 5 heteroatoms. The molecule has 0 N–H and O–H groups in total. The van der Waals surface area contributed by atoms with Gasteiger partial charge in [-0.05, 0) is 18.6 Å². The molecule has 0 radical (unpaired) electrons. The van der Waals surface area contributed by atoms with Crippen molar-refractivity contribution in [1.82, 2.24) is 4.90 Å². The SMILES string of the molecule is CS(=O)(=O)C1CCN(C(=O)c2ccccc2)C1. The van der Waals surface area contributed by atoms with E-state index in [1.54, 1.807) is 29.2 Å². The van der Waals surface area contributed by atoms with Gasteiger partial charge in [-0.2, -0.15) is 0 Å². The highest BCUT2D eigenvalue weighted by Crippen LogP contribution is 2.18. The molecule has 0 aromatic heterocycles. The minimum absolute atomic E-state index is 0.0863. The molecule has 0 spiro atoms. The van der Waals surface area contributed by atoms with E-state index < -0.39 is 15.1 Å². The van der Waals surface area contributed by atoms with Gasteiger partial charge in [-0.3, -0.25) is 4.79 Å². The average molecular weight is 253 g/mol. The number of carbonyl (C=O) groups excluding carboxylic acids is 1. The summed E-state index contributed by atoms with van der Waals surface area (Å²) in [6, 6.07) is 8.95. The fourth-order valence-electron chi connectivity index (χ4n) is 2.03. The predicted octanol–water partition coefficient (Wildman–Crippen LogP) is 0.946. The first-order chi connectivity index (χ1) is 7.98. The fourth-order valence-corrected chi connectivity index (χ4v) is 3.01. The van der Waals surface area contributed by atoms with Gasteiger partial charge >= 0.3 is 0 Å². The maximum Gasteiger partial charge on any atom is 0.253 e. The number of rotatable bonds is 2. The first-order valence-electron chi connectivity index (χ1n) is 5.51. The van der Waals surface area contributed by atoms with Gasteiger partial charge in [-0.15, -0.1) is 0 Å². The van der Waals surface area contributed by atoms with E-state index in [-0.39, 0.29) is 5.91 Å². The Morgan fingerprint density at radius 1 is 1.29 bits per heavy atom. The zero-order valence-corrected chi connectivity index (χ0v) is 10.5. The summed E-state index contributed by atoms with van der Waals surface area (Å²) in [6.45, 7) is 0.831. The summed E-state index contributed by atoms with van der Waals surface area (Å²) in [5.74, 6) is -0.0863. The van der Waals surface area contributed by atoms with Gasteiger partial charge in [0.1, 0.15) is 0 Å². The maximum atomic E-state index is 12.1. The van der Waals surface area contributed by atoms with Crippen LogP contribution in [-0.2, 0) is 9.84 Å².